The molecule has 0 aliphatic carbocycles. The van der Waals surface area contributed by atoms with E-state index < -0.39 is 0 Å². The molecule has 0 unspecified atom stereocenters. The molecule has 16 heavy (non-hydrogen) atoms. The number of aromatic nitrogens is 3. The molecular weight excluding hydrogens is 228 g/mol. The molecule has 6 heteroatoms. The minimum absolute atomic E-state index is 0.247. The van der Waals surface area contributed by atoms with E-state index in [1.807, 2.05) is 25.1 Å². The lowest BCUT2D eigenvalue weighted by Crippen LogP contribution is -2.02. The zero-order valence-corrected chi connectivity index (χ0v) is 9.48. The average molecular weight is 239 g/mol. The number of ether oxygens (including phenoxy) is 1. The fourth-order valence-corrected chi connectivity index (χ4v) is 1.51. The number of hydrogen-bond donors (Lipinski definition) is 1. The molecule has 5 nitrogen and oxygen atoms in total. The molecule has 1 aromatic heterocycles. The summed E-state index contributed by atoms with van der Waals surface area (Å²) in [4.78, 5) is 3.97. The summed E-state index contributed by atoms with van der Waals surface area (Å²) in [5.74, 6) is 0.247. The van der Waals surface area contributed by atoms with Gasteiger partial charge in [-0.15, -0.1) is 5.10 Å². The molecule has 2 N–H and O–H groups in total. The van der Waals surface area contributed by atoms with Crippen molar-refractivity contribution in [2.75, 3.05) is 12.3 Å². The molecule has 0 radical (unpaired) electrons. The van der Waals surface area contributed by atoms with Crippen LogP contribution >= 0.6 is 11.6 Å². The first-order chi connectivity index (χ1) is 7.72. The van der Waals surface area contributed by atoms with Crippen LogP contribution in [0, 0.1) is 0 Å². The van der Waals surface area contributed by atoms with Crippen molar-refractivity contribution in [3.05, 3.63) is 29.3 Å². The van der Waals surface area contributed by atoms with Gasteiger partial charge in [-0.3, -0.25) is 0 Å². The summed E-state index contributed by atoms with van der Waals surface area (Å²) in [6, 6.07) is 7.51. The number of rotatable bonds is 3. The summed E-state index contributed by atoms with van der Waals surface area (Å²) < 4.78 is 6.61. The second-order valence-corrected chi connectivity index (χ2v) is 3.46. The van der Waals surface area contributed by atoms with Crippen molar-refractivity contribution < 1.29 is 4.74 Å². The van der Waals surface area contributed by atoms with Crippen molar-refractivity contribution in [1.29, 1.82) is 0 Å². The highest BCUT2D eigenvalue weighted by molar-refractivity contribution is 6.32. The summed E-state index contributed by atoms with van der Waals surface area (Å²) >= 11 is 6.03. The summed E-state index contributed by atoms with van der Waals surface area (Å²) in [6.45, 7) is 2.35. The van der Waals surface area contributed by atoms with Crippen LogP contribution in [0.1, 0.15) is 6.92 Å². The van der Waals surface area contributed by atoms with Gasteiger partial charge in [0.2, 0.25) is 5.95 Å². The molecule has 0 fully saturated rings. The number of hydrogen-bond acceptors (Lipinski definition) is 4. The lowest BCUT2D eigenvalue weighted by atomic mass is 10.3. The van der Waals surface area contributed by atoms with E-state index in [1.54, 1.807) is 6.07 Å². The van der Waals surface area contributed by atoms with Crippen molar-refractivity contribution in [2.24, 2.45) is 0 Å². The van der Waals surface area contributed by atoms with Crippen LogP contribution in [0.2, 0.25) is 5.02 Å². The van der Waals surface area contributed by atoms with Gasteiger partial charge in [-0.25, -0.2) is 0 Å². The Morgan fingerprint density at radius 2 is 2.19 bits per heavy atom. The minimum Gasteiger partial charge on any atom is -0.463 e. The fourth-order valence-electron chi connectivity index (χ4n) is 1.30. The molecule has 0 atom stereocenters. The molecule has 0 aliphatic heterocycles. The van der Waals surface area contributed by atoms with Crippen LogP contribution in [0.15, 0.2) is 24.3 Å². The topological polar surface area (TPSA) is 66.0 Å². The molecule has 0 saturated carbocycles. The Balaban J connectivity index is 2.44. The van der Waals surface area contributed by atoms with Crippen molar-refractivity contribution in [2.45, 2.75) is 6.92 Å². The predicted octanol–water partition coefficient (Wildman–Crippen LogP) is 1.90. The standard InChI is InChI=1S/C10H11ClN4O/c1-2-16-10-13-9(12)15(14-10)8-6-4-3-5-7(8)11/h3-6H,2H2,1H3,(H2,12,13,14). The van der Waals surface area contributed by atoms with Gasteiger partial charge in [0.05, 0.1) is 17.3 Å². The fraction of sp³-hybridized carbons (Fsp3) is 0.200. The third-order valence-corrected chi connectivity index (χ3v) is 2.29. The minimum atomic E-state index is 0.247. The van der Waals surface area contributed by atoms with Gasteiger partial charge < -0.3 is 10.5 Å². The van der Waals surface area contributed by atoms with Gasteiger partial charge in [-0.2, -0.15) is 9.67 Å². The first-order valence-corrected chi connectivity index (χ1v) is 5.20. The van der Waals surface area contributed by atoms with Crippen molar-refractivity contribution in [3.63, 3.8) is 0 Å². The Kier molecular flexibility index (Phi) is 2.96. The Labute approximate surface area is 97.8 Å². The first kappa shape index (κ1) is 10.8. The maximum absolute atomic E-state index is 6.03. The van der Waals surface area contributed by atoms with Crippen molar-refractivity contribution >= 4 is 17.5 Å². The number of anilines is 1. The smallest absolute Gasteiger partial charge is 0.337 e. The van der Waals surface area contributed by atoms with E-state index in [1.165, 1.54) is 4.68 Å². The van der Waals surface area contributed by atoms with Gasteiger partial charge in [0, 0.05) is 0 Å². The molecule has 0 amide bonds. The van der Waals surface area contributed by atoms with E-state index >= 15 is 0 Å². The molecule has 0 spiro atoms. The monoisotopic (exact) mass is 238 g/mol. The number of halogens is 1. The van der Waals surface area contributed by atoms with Gasteiger partial charge >= 0.3 is 6.01 Å². The van der Waals surface area contributed by atoms with Gasteiger partial charge in [0.25, 0.3) is 0 Å². The number of nitrogens with two attached hydrogens (primary N) is 1. The molecule has 84 valence electrons. The average Bonchev–Trinajstić information content (AvgIpc) is 2.61. The zero-order chi connectivity index (χ0) is 11.5. The maximum atomic E-state index is 6.03. The van der Waals surface area contributed by atoms with Gasteiger partial charge in [0.15, 0.2) is 0 Å². The summed E-state index contributed by atoms with van der Waals surface area (Å²) in [6.07, 6.45) is 0. The quantitative estimate of drug-likeness (QED) is 0.887. The number of nitrogens with zero attached hydrogens (tertiary/aromatic N) is 3. The third-order valence-electron chi connectivity index (χ3n) is 1.97. The van der Waals surface area contributed by atoms with E-state index in [0.717, 1.165) is 0 Å². The van der Waals surface area contributed by atoms with E-state index in [0.29, 0.717) is 17.3 Å². The van der Waals surface area contributed by atoms with E-state index in [2.05, 4.69) is 10.1 Å². The largest absolute Gasteiger partial charge is 0.463 e. The molecule has 0 aliphatic rings. The lowest BCUT2D eigenvalue weighted by molar-refractivity contribution is 0.312. The normalized spacial score (nSPS) is 10.4. The van der Waals surface area contributed by atoms with Crippen LogP contribution < -0.4 is 10.5 Å². The molecule has 0 bridgehead atoms. The highest BCUT2D eigenvalue weighted by atomic mass is 35.5. The highest BCUT2D eigenvalue weighted by Crippen LogP contribution is 2.22. The predicted molar refractivity (Wildman–Crippen MR) is 62.0 cm³/mol. The van der Waals surface area contributed by atoms with Crippen LogP contribution in [0.25, 0.3) is 5.69 Å². The summed E-state index contributed by atoms with van der Waals surface area (Å²) in [5, 5.41) is 4.66. The van der Waals surface area contributed by atoms with Gasteiger partial charge in [-0.05, 0) is 19.1 Å². The first-order valence-electron chi connectivity index (χ1n) is 4.82. The Hall–Kier alpha value is -1.75. The van der Waals surface area contributed by atoms with Crippen LogP contribution in [-0.2, 0) is 0 Å². The van der Waals surface area contributed by atoms with Crippen LogP contribution in [-0.4, -0.2) is 21.4 Å². The molecule has 1 aromatic carbocycles. The maximum Gasteiger partial charge on any atom is 0.337 e. The molecule has 1 heterocycles. The van der Waals surface area contributed by atoms with E-state index in [4.69, 9.17) is 22.1 Å². The zero-order valence-electron chi connectivity index (χ0n) is 8.72. The number of nitrogen functional groups attached to an aromatic ring is 1. The number of benzene rings is 1. The van der Waals surface area contributed by atoms with Crippen LogP contribution in [0.4, 0.5) is 5.95 Å². The Bertz CT molecular complexity index is 497. The summed E-state index contributed by atoms with van der Waals surface area (Å²) in [5.41, 5.74) is 6.40. The van der Waals surface area contributed by atoms with Crippen molar-refractivity contribution in [3.8, 4) is 11.7 Å². The van der Waals surface area contributed by atoms with E-state index in [-0.39, 0.29) is 12.0 Å². The molecular formula is C10H11ClN4O. The molecule has 2 aromatic rings. The van der Waals surface area contributed by atoms with Crippen LogP contribution in [0.3, 0.4) is 0 Å². The second kappa shape index (κ2) is 4.40. The molecule has 2 rings (SSSR count). The SMILES string of the molecule is CCOc1nc(N)n(-c2ccccc2Cl)n1. The van der Waals surface area contributed by atoms with E-state index in [9.17, 15) is 0 Å². The Morgan fingerprint density at radius 1 is 1.44 bits per heavy atom. The highest BCUT2D eigenvalue weighted by Gasteiger charge is 2.11. The van der Waals surface area contributed by atoms with Crippen molar-refractivity contribution in [1.82, 2.24) is 14.8 Å². The Morgan fingerprint density at radius 3 is 2.88 bits per heavy atom. The lowest BCUT2D eigenvalue weighted by Gasteiger charge is -2.03. The molecule has 0 saturated heterocycles. The third kappa shape index (κ3) is 1.94. The van der Waals surface area contributed by atoms with Gasteiger partial charge in [0.1, 0.15) is 0 Å². The van der Waals surface area contributed by atoms with Gasteiger partial charge in [-0.1, -0.05) is 23.7 Å². The van der Waals surface area contributed by atoms with Crippen LogP contribution in [0.5, 0.6) is 6.01 Å². The summed E-state index contributed by atoms with van der Waals surface area (Å²) in [7, 11) is 0. The number of para-hydroxylation sites is 1. The second-order valence-electron chi connectivity index (χ2n) is 3.05.